The fourth-order valence-electron chi connectivity index (χ4n) is 1.43. The van der Waals surface area contributed by atoms with E-state index in [1.165, 1.54) is 0 Å². The summed E-state index contributed by atoms with van der Waals surface area (Å²) in [6.07, 6.45) is 0. The zero-order valence-electron chi connectivity index (χ0n) is 7.67. The second-order valence-corrected chi connectivity index (χ2v) is 3.00. The molecule has 1 aromatic rings. The standard InChI is InChI=1S/C10H13NO2/c1-12-9-2-3-10-8(6-9)7-13-5-4-11-10/h2-3,6,11H,4-5,7H2,1H3. The molecule has 0 unspecified atom stereocenters. The number of ether oxygens (including phenoxy) is 2. The third-order valence-corrected chi connectivity index (χ3v) is 2.13. The van der Waals surface area contributed by atoms with E-state index in [0.717, 1.165) is 30.2 Å². The molecule has 1 aromatic carbocycles. The lowest BCUT2D eigenvalue weighted by Gasteiger charge is -2.07. The van der Waals surface area contributed by atoms with Crippen LogP contribution < -0.4 is 10.1 Å². The Balaban J connectivity index is 2.32. The number of benzene rings is 1. The van der Waals surface area contributed by atoms with Crippen LogP contribution in [0.15, 0.2) is 18.2 Å². The van der Waals surface area contributed by atoms with Crippen molar-refractivity contribution in [2.75, 3.05) is 25.6 Å². The third-order valence-electron chi connectivity index (χ3n) is 2.13. The largest absolute Gasteiger partial charge is 0.497 e. The van der Waals surface area contributed by atoms with Crippen LogP contribution in [0, 0.1) is 0 Å². The Kier molecular flexibility index (Phi) is 2.36. The zero-order valence-corrected chi connectivity index (χ0v) is 7.67. The van der Waals surface area contributed by atoms with E-state index in [-0.39, 0.29) is 0 Å². The minimum absolute atomic E-state index is 0.666. The molecular weight excluding hydrogens is 166 g/mol. The smallest absolute Gasteiger partial charge is 0.119 e. The van der Waals surface area contributed by atoms with Gasteiger partial charge in [0.25, 0.3) is 0 Å². The molecule has 1 aliphatic rings. The van der Waals surface area contributed by atoms with Gasteiger partial charge in [-0.2, -0.15) is 0 Å². The molecule has 0 aromatic heterocycles. The maximum atomic E-state index is 5.40. The molecule has 3 heteroatoms. The first kappa shape index (κ1) is 8.38. The first-order chi connectivity index (χ1) is 6.40. The van der Waals surface area contributed by atoms with Crippen molar-refractivity contribution in [3.05, 3.63) is 23.8 Å². The van der Waals surface area contributed by atoms with Gasteiger partial charge in [0.2, 0.25) is 0 Å². The van der Waals surface area contributed by atoms with Crippen molar-refractivity contribution in [2.24, 2.45) is 0 Å². The zero-order chi connectivity index (χ0) is 9.10. The average molecular weight is 179 g/mol. The van der Waals surface area contributed by atoms with Crippen molar-refractivity contribution in [1.29, 1.82) is 0 Å². The summed E-state index contributed by atoms with van der Waals surface area (Å²) in [5, 5.41) is 3.30. The molecule has 0 saturated carbocycles. The molecule has 1 aliphatic heterocycles. The van der Waals surface area contributed by atoms with E-state index in [4.69, 9.17) is 9.47 Å². The molecular formula is C10H13NO2. The van der Waals surface area contributed by atoms with Crippen LogP contribution in [0.3, 0.4) is 0 Å². The Bertz CT molecular complexity index is 299. The summed E-state index contributed by atoms with van der Waals surface area (Å²) >= 11 is 0. The maximum absolute atomic E-state index is 5.40. The topological polar surface area (TPSA) is 30.5 Å². The molecule has 70 valence electrons. The molecule has 0 saturated heterocycles. The van der Waals surface area contributed by atoms with Gasteiger partial charge in [0.1, 0.15) is 5.75 Å². The van der Waals surface area contributed by atoms with Crippen molar-refractivity contribution in [1.82, 2.24) is 0 Å². The summed E-state index contributed by atoms with van der Waals surface area (Å²) in [5.74, 6) is 0.881. The minimum Gasteiger partial charge on any atom is -0.497 e. The lowest BCUT2D eigenvalue weighted by Crippen LogP contribution is -2.04. The van der Waals surface area contributed by atoms with Crippen LogP contribution >= 0.6 is 0 Å². The van der Waals surface area contributed by atoms with Gasteiger partial charge in [0.05, 0.1) is 20.3 Å². The second-order valence-electron chi connectivity index (χ2n) is 3.00. The van der Waals surface area contributed by atoms with E-state index < -0.39 is 0 Å². The maximum Gasteiger partial charge on any atom is 0.119 e. The van der Waals surface area contributed by atoms with Crippen LogP contribution in [0.5, 0.6) is 5.75 Å². The van der Waals surface area contributed by atoms with Gasteiger partial charge in [0.15, 0.2) is 0 Å². The van der Waals surface area contributed by atoms with Crippen LogP contribution in [-0.4, -0.2) is 20.3 Å². The number of nitrogens with one attached hydrogen (secondary N) is 1. The van der Waals surface area contributed by atoms with Gasteiger partial charge in [-0.05, 0) is 18.2 Å². The fraction of sp³-hybridized carbons (Fsp3) is 0.400. The average Bonchev–Trinajstić information content (AvgIpc) is 2.41. The fourth-order valence-corrected chi connectivity index (χ4v) is 1.43. The Hall–Kier alpha value is -1.22. The van der Waals surface area contributed by atoms with Crippen LogP contribution in [0.4, 0.5) is 5.69 Å². The van der Waals surface area contributed by atoms with Crippen molar-refractivity contribution in [3.8, 4) is 5.75 Å². The van der Waals surface area contributed by atoms with E-state index in [1.54, 1.807) is 7.11 Å². The van der Waals surface area contributed by atoms with E-state index in [2.05, 4.69) is 5.32 Å². The van der Waals surface area contributed by atoms with Gasteiger partial charge in [-0.1, -0.05) is 0 Å². The number of rotatable bonds is 1. The lowest BCUT2D eigenvalue weighted by atomic mass is 10.2. The normalized spacial score (nSPS) is 15.5. The summed E-state index contributed by atoms with van der Waals surface area (Å²) in [6.45, 7) is 2.30. The summed E-state index contributed by atoms with van der Waals surface area (Å²) in [4.78, 5) is 0. The number of anilines is 1. The summed E-state index contributed by atoms with van der Waals surface area (Å²) in [6, 6.07) is 5.99. The number of methoxy groups -OCH3 is 1. The van der Waals surface area contributed by atoms with Crippen LogP contribution in [0.25, 0.3) is 0 Å². The molecule has 3 nitrogen and oxygen atoms in total. The highest BCUT2D eigenvalue weighted by Gasteiger charge is 2.07. The highest BCUT2D eigenvalue weighted by Crippen LogP contribution is 2.23. The molecule has 0 aliphatic carbocycles. The van der Waals surface area contributed by atoms with Gasteiger partial charge < -0.3 is 14.8 Å². The van der Waals surface area contributed by atoms with Crippen molar-refractivity contribution < 1.29 is 9.47 Å². The highest BCUT2D eigenvalue weighted by molar-refractivity contribution is 5.54. The predicted octanol–water partition coefficient (Wildman–Crippen LogP) is 1.64. The molecule has 1 heterocycles. The summed E-state index contributed by atoms with van der Waals surface area (Å²) in [5.41, 5.74) is 2.31. The van der Waals surface area contributed by atoms with E-state index >= 15 is 0 Å². The van der Waals surface area contributed by atoms with Gasteiger partial charge >= 0.3 is 0 Å². The third kappa shape index (κ3) is 1.75. The van der Waals surface area contributed by atoms with Crippen molar-refractivity contribution >= 4 is 5.69 Å². The Labute approximate surface area is 77.7 Å². The molecule has 0 amide bonds. The first-order valence-electron chi connectivity index (χ1n) is 4.38. The quantitative estimate of drug-likeness (QED) is 0.710. The molecule has 2 rings (SSSR count). The predicted molar refractivity (Wildman–Crippen MR) is 51.1 cm³/mol. The van der Waals surface area contributed by atoms with Gasteiger partial charge in [0, 0.05) is 17.8 Å². The molecule has 0 spiro atoms. The van der Waals surface area contributed by atoms with Crippen LogP contribution in [0.1, 0.15) is 5.56 Å². The minimum atomic E-state index is 0.666. The first-order valence-corrected chi connectivity index (χ1v) is 4.38. The highest BCUT2D eigenvalue weighted by atomic mass is 16.5. The molecule has 1 N–H and O–H groups in total. The van der Waals surface area contributed by atoms with E-state index in [9.17, 15) is 0 Å². The molecule has 0 radical (unpaired) electrons. The number of hydrogen-bond donors (Lipinski definition) is 1. The van der Waals surface area contributed by atoms with Crippen molar-refractivity contribution in [3.63, 3.8) is 0 Å². The van der Waals surface area contributed by atoms with Gasteiger partial charge in [-0.25, -0.2) is 0 Å². The van der Waals surface area contributed by atoms with E-state index in [1.807, 2.05) is 18.2 Å². The Morgan fingerprint density at radius 2 is 2.38 bits per heavy atom. The summed E-state index contributed by atoms with van der Waals surface area (Å²) in [7, 11) is 1.67. The SMILES string of the molecule is COc1ccc2c(c1)COCCN2. The monoisotopic (exact) mass is 179 g/mol. The van der Waals surface area contributed by atoms with E-state index in [0.29, 0.717) is 6.61 Å². The molecule has 0 bridgehead atoms. The van der Waals surface area contributed by atoms with Crippen LogP contribution in [-0.2, 0) is 11.3 Å². The molecule has 0 fully saturated rings. The molecule has 13 heavy (non-hydrogen) atoms. The lowest BCUT2D eigenvalue weighted by molar-refractivity contribution is 0.134. The van der Waals surface area contributed by atoms with Gasteiger partial charge in [-0.3, -0.25) is 0 Å². The molecule has 0 atom stereocenters. The number of fused-ring (bicyclic) bond motifs is 1. The second kappa shape index (κ2) is 3.66. The number of hydrogen-bond acceptors (Lipinski definition) is 3. The summed E-state index contributed by atoms with van der Waals surface area (Å²) < 4.78 is 10.5. The van der Waals surface area contributed by atoms with Gasteiger partial charge in [-0.15, -0.1) is 0 Å². The van der Waals surface area contributed by atoms with Crippen LogP contribution in [0.2, 0.25) is 0 Å². The van der Waals surface area contributed by atoms with Crippen molar-refractivity contribution in [2.45, 2.75) is 6.61 Å². The Morgan fingerprint density at radius 3 is 3.23 bits per heavy atom. The Morgan fingerprint density at radius 1 is 1.46 bits per heavy atom.